The third kappa shape index (κ3) is 5.05. The molecule has 0 heterocycles. The zero-order valence-electron chi connectivity index (χ0n) is 15.3. The van der Waals surface area contributed by atoms with Gasteiger partial charge >= 0.3 is 5.97 Å². The average Bonchev–Trinajstić information content (AvgIpc) is 2.68. The topological polar surface area (TPSA) is 58.9 Å². The van der Waals surface area contributed by atoms with Crippen molar-refractivity contribution in [2.45, 2.75) is 20.5 Å². The molecule has 0 spiro atoms. The van der Waals surface area contributed by atoms with Crippen LogP contribution < -0.4 is 4.74 Å². The van der Waals surface area contributed by atoms with E-state index >= 15 is 0 Å². The Labute approximate surface area is 158 Å². The van der Waals surface area contributed by atoms with Gasteiger partial charge < -0.3 is 9.84 Å². The molecular formula is C23H21NO3. The number of carboxylic acid groups (broad SMARTS) is 1. The van der Waals surface area contributed by atoms with E-state index in [1.165, 1.54) is 5.56 Å². The highest BCUT2D eigenvalue weighted by molar-refractivity contribution is 5.87. The molecule has 0 radical (unpaired) electrons. The van der Waals surface area contributed by atoms with Crippen molar-refractivity contribution in [2.75, 3.05) is 0 Å². The molecule has 1 N–H and O–H groups in total. The van der Waals surface area contributed by atoms with E-state index in [9.17, 15) is 4.79 Å². The van der Waals surface area contributed by atoms with Crippen molar-refractivity contribution in [3.63, 3.8) is 0 Å². The number of ether oxygens (including phenoxy) is 1. The first-order valence-corrected chi connectivity index (χ1v) is 8.68. The highest BCUT2D eigenvalue weighted by Crippen LogP contribution is 2.20. The van der Waals surface area contributed by atoms with Gasteiger partial charge in [0.2, 0.25) is 0 Å². The summed E-state index contributed by atoms with van der Waals surface area (Å²) in [5.74, 6) is -0.194. The maximum atomic E-state index is 10.9. The molecule has 4 heteroatoms. The van der Waals surface area contributed by atoms with Crippen LogP contribution in [-0.2, 0) is 6.61 Å². The minimum absolute atomic E-state index is 0.267. The van der Waals surface area contributed by atoms with Gasteiger partial charge in [-0.25, -0.2) is 4.79 Å². The standard InChI is InChI=1S/C23H21NO3/c1-16-6-7-17(2)22(12-16)24-14-19-4-3-5-21(13-19)27-15-18-8-10-20(11-9-18)23(25)26/h3-14H,15H2,1-2H3,(H,25,26). The molecule has 136 valence electrons. The number of carboxylic acids is 1. The Hall–Kier alpha value is -3.40. The van der Waals surface area contributed by atoms with E-state index in [0.717, 1.165) is 28.1 Å². The second-order valence-corrected chi connectivity index (χ2v) is 6.41. The molecule has 0 aromatic heterocycles. The minimum Gasteiger partial charge on any atom is -0.489 e. The highest BCUT2D eigenvalue weighted by Gasteiger charge is 2.03. The largest absolute Gasteiger partial charge is 0.489 e. The van der Waals surface area contributed by atoms with E-state index in [1.807, 2.05) is 37.4 Å². The van der Waals surface area contributed by atoms with Crippen molar-refractivity contribution >= 4 is 17.9 Å². The fraction of sp³-hybridized carbons (Fsp3) is 0.130. The van der Waals surface area contributed by atoms with Crippen LogP contribution in [0.5, 0.6) is 5.75 Å². The van der Waals surface area contributed by atoms with Crippen LogP contribution in [-0.4, -0.2) is 17.3 Å². The lowest BCUT2D eigenvalue weighted by molar-refractivity contribution is 0.0697. The maximum absolute atomic E-state index is 10.9. The molecule has 3 aromatic rings. The van der Waals surface area contributed by atoms with Gasteiger partial charge in [-0.05, 0) is 66.4 Å². The lowest BCUT2D eigenvalue weighted by atomic mass is 10.1. The fourth-order valence-corrected chi connectivity index (χ4v) is 2.60. The summed E-state index contributed by atoms with van der Waals surface area (Å²) in [5.41, 5.74) is 5.40. The van der Waals surface area contributed by atoms with Crippen molar-refractivity contribution < 1.29 is 14.6 Å². The van der Waals surface area contributed by atoms with Crippen LogP contribution >= 0.6 is 0 Å². The molecule has 0 aliphatic carbocycles. The van der Waals surface area contributed by atoms with E-state index in [0.29, 0.717) is 6.61 Å². The van der Waals surface area contributed by atoms with E-state index in [4.69, 9.17) is 9.84 Å². The van der Waals surface area contributed by atoms with Gasteiger partial charge in [0.1, 0.15) is 12.4 Å². The monoisotopic (exact) mass is 359 g/mol. The molecule has 0 aliphatic heterocycles. The first-order chi connectivity index (χ1) is 13.0. The Kier molecular flexibility index (Phi) is 5.67. The van der Waals surface area contributed by atoms with Crippen LogP contribution in [0.3, 0.4) is 0 Å². The molecule has 27 heavy (non-hydrogen) atoms. The summed E-state index contributed by atoms with van der Waals surface area (Å²) in [6.45, 7) is 4.47. The molecule has 0 saturated carbocycles. The summed E-state index contributed by atoms with van der Waals surface area (Å²) < 4.78 is 5.82. The molecule has 3 aromatic carbocycles. The van der Waals surface area contributed by atoms with Gasteiger partial charge in [0.15, 0.2) is 0 Å². The van der Waals surface area contributed by atoms with Gasteiger partial charge in [0, 0.05) is 6.21 Å². The predicted molar refractivity (Wildman–Crippen MR) is 107 cm³/mol. The fourth-order valence-electron chi connectivity index (χ4n) is 2.60. The van der Waals surface area contributed by atoms with Crippen molar-refractivity contribution in [1.29, 1.82) is 0 Å². The van der Waals surface area contributed by atoms with Crippen molar-refractivity contribution in [3.8, 4) is 5.75 Å². The van der Waals surface area contributed by atoms with Crippen LogP contribution in [0.4, 0.5) is 5.69 Å². The van der Waals surface area contributed by atoms with Gasteiger partial charge in [0.25, 0.3) is 0 Å². The molecular weight excluding hydrogens is 338 g/mol. The zero-order chi connectivity index (χ0) is 19.2. The number of hydrogen-bond donors (Lipinski definition) is 1. The van der Waals surface area contributed by atoms with Crippen LogP contribution in [0.15, 0.2) is 71.7 Å². The summed E-state index contributed by atoms with van der Waals surface area (Å²) >= 11 is 0. The number of benzene rings is 3. The summed E-state index contributed by atoms with van der Waals surface area (Å²) in [7, 11) is 0. The first kappa shape index (κ1) is 18.4. The number of aliphatic imine (C=N–C) groups is 1. The Bertz CT molecular complexity index is 975. The number of rotatable bonds is 6. The third-order valence-electron chi connectivity index (χ3n) is 4.18. The molecule has 0 fully saturated rings. The van der Waals surface area contributed by atoms with Gasteiger partial charge in [-0.3, -0.25) is 4.99 Å². The maximum Gasteiger partial charge on any atom is 0.335 e. The number of nitrogens with zero attached hydrogens (tertiary/aromatic N) is 1. The quantitative estimate of drug-likeness (QED) is 0.605. The van der Waals surface area contributed by atoms with Gasteiger partial charge in [-0.1, -0.05) is 36.4 Å². The van der Waals surface area contributed by atoms with E-state index in [2.05, 4.69) is 30.1 Å². The normalized spacial score (nSPS) is 10.9. The summed E-state index contributed by atoms with van der Waals surface area (Å²) in [5, 5.41) is 8.94. The van der Waals surface area contributed by atoms with Crippen LogP contribution in [0.2, 0.25) is 0 Å². The number of carbonyl (C=O) groups is 1. The smallest absolute Gasteiger partial charge is 0.335 e. The Balaban J connectivity index is 1.67. The van der Waals surface area contributed by atoms with Crippen LogP contribution in [0, 0.1) is 13.8 Å². The molecule has 0 aliphatic rings. The minimum atomic E-state index is -0.932. The SMILES string of the molecule is Cc1ccc(C)c(N=Cc2cccc(OCc3ccc(C(=O)O)cc3)c2)c1. The Morgan fingerprint density at radius 3 is 2.56 bits per heavy atom. The third-order valence-corrected chi connectivity index (χ3v) is 4.18. The van der Waals surface area contributed by atoms with Crippen LogP contribution in [0.25, 0.3) is 0 Å². The van der Waals surface area contributed by atoms with Crippen LogP contribution in [0.1, 0.15) is 32.6 Å². The molecule has 0 amide bonds. The molecule has 3 rings (SSSR count). The van der Waals surface area contributed by atoms with Gasteiger partial charge in [-0.2, -0.15) is 0 Å². The molecule has 0 atom stereocenters. The highest BCUT2D eigenvalue weighted by atomic mass is 16.5. The summed E-state index contributed by atoms with van der Waals surface area (Å²) in [6.07, 6.45) is 1.83. The molecule has 0 bridgehead atoms. The van der Waals surface area contributed by atoms with Gasteiger partial charge in [0.05, 0.1) is 11.3 Å². The molecule has 4 nitrogen and oxygen atoms in total. The van der Waals surface area contributed by atoms with Crippen molar-refractivity contribution in [2.24, 2.45) is 4.99 Å². The first-order valence-electron chi connectivity index (χ1n) is 8.68. The van der Waals surface area contributed by atoms with Crippen molar-refractivity contribution in [3.05, 3.63) is 94.5 Å². The summed E-state index contributed by atoms with van der Waals surface area (Å²) in [6, 6.07) is 20.6. The molecule has 0 unspecified atom stereocenters. The van der Waals surface area contributed by atoms with E-state index in [1.54, 1.807) is 24.3 Å². The van der Waals surface area contributed by atoms with E-state index < -0.39 is 5.97 Å². The second kappa shape index (κ2) is 8.32. The number of hydrogen-bond acceptors (Lipinski definition) is 3. The Morgan fingerprint density at radius 1 is 1.04 bits per heavy atom. The lowest BCUT2D eigenvalue weighted by Gasteiger charge is -2.07. The van der Waals surface area contributed by atoms with Gasteiger partial charge in [-0.15, -0.1) is 0 Å². The number of aromatic carboxylic acids is 1. The molecule has 0 saturated heterocycles. The van der Waals surface area contributed by atoms with Crippen molar-refractivity contribution in [1.82, 2.24) is 0 Å². The summed E-state index contributed by atoms with van der Waals surface area (Å²) in [4.78, 5) is 15.5. The Morgan fingerprint density at radius 2 is 1.81 bits per heavy atom. The number of aryl methyl sites for hydroxylation is 2. The van der Waals surface area contributed by atoms with E-state index in [-0.39, 0.29) is 5.56 Å². The zero-order valence-corrected chi connectivity index (χ0v) is 15.3. The predicted octanol–water partition coefficient (Wildman–Crippen LogP) is 5.33. The second-order valence-electron chi connectivity index (χ2n) is 6.41. The lowest BCUT2D eigenvalue weighted by Crippen LogP contribution is -1.99. The average molecular weight is 359 g/mol.